The molecule has 0 bridgehead atoms. The summed E-state index contributed by atoms with van der Waals surface area (Å²) in [5, 5.41) is 3.30. The Balaban J connectivity index is 2.76. The van der Waals surface area contributed by atoms with E-state index in [0.29, 0.717) is 18.1 Å². The number of ether oxygens (including phenoxy) is 2. The van der Waals surface area contributed by atoms with Gasteiger partial charge in [-0.2, -0.15) is 0 Å². The van der Waals surface area contributed by atoms with Crippen molar-refractivity contribution in [2.24, 2.45) is 5.73 Å². The first-order valence-corrected chi connectivity index (χ1v) is 6.15. The molecule has 0 heterocycles. The number of benzene rings is 1. The molecule has 1 rings (SSSR count). The summed E-state index contributed by atoms with van der Waals surface area (Å²) < 4.78 is 10.4. The lowest BCUT2D eigenvalue weighted by Gasteiger charge is -2.18. The minimum absolute atomic E-state index is 0.00490. The van der Waals surface area contributed by atoms with Gasteiger partial charge in [-0.1, -0.05) is 18.3 Å². The summed E-state index contributed by atoms with van der Waals surface area (Å²) in [5.41, 5.74) is 8.63. The average molecular weight is 268 g/mol. The van der Waals surface area contributed by atoms with Crippen LogP contribution in [0.5, 0.6) is 0 Å². The van der Waals surface area contributed by atoms with Crippen molar-refractivity contribution in [2.45, 2.75) is 13.0 Å². The number of rotatable bonds is 7. The van der Waals surface area contributed by atoms with Crippen molar-refractivity contribution in [3.05, 3.63) is 29.3 Å². The molecule has 1 unspecified atom stereocenters. The van der Waals surface area contributed by atoms with Gasteiger partial charge in [-0.05, 0) is 24.6 Å². The fraction of sp³-hybridized carbons (Fsp3) is 0.462. The predicted molar refractivity (Wildman–Crippen MR) is 78.2 cm³/mol. The fourth-order valence-electron chi connectivity index (χ4n) is 1.64. The quantitative estimate of drug-likeness (QED) is 0.737. The zero-order valence-electron chi connectivity index (χ0n) is 11.0. The maximum atomic E-state index is 5.70. The summed E-state index contributed by atoms with van der Waals surface area (Å²) in [5.74, 6) is 0. The summed E-state index contributed by atoms with van der Waals surface area (Å²) in [6.07, 6.45) is -0.00490. The predicted octanol–water partition coefficient (Wildman–Crippen LogP) is 1.70. The van der Waals surface area contributed by atoms with E-state index in [1.807, 2.05) is 25.1 Å². The summed E-state index contributed by atoms with van der Waals surface area (Å²) in [6, 6.07) is 5.94. The number of hydrogen-bond acceptors (Lipinski definition) is 4. The molecule has 5 heteroatoms. The minimum atomic E-state index is -0.00490. The Hall–Kier alpha value is -1.17. The second kappa shape index (κ2) is 7.31. The van der Waals surface area contributed by atoms with Gasteiger partial charge in [0.1, 0.15) is 4.99 Å². The van der Waals surface area contributed by atoms with Gasteiger partial charge in [0, 0.05) is 32.0 Å². The molecule has 1 atom stereocenters. The standard InChI is InChI=1S/C13H20N2O2S/c1-9-4-5-11(13(14)18)12(6-9)15-7-10(17-3)8-16-2/h4-6,10,15H,7-8H2,1-3H3,(H2,14,18). The molecule has 0 radical (unpaired) electrons. The molecular weight excluding hydrogens is 248 g/mol. The molecule has 1 aromatic rings. The molecule has 100 valence electrons. The normalized spacial score (nSPS) is 12.2. The molecule has 0 aliphatic carbocycles. The van der Waals surface area contributed by atoms with Crippen LogP contribution in [0.1, 0.15) is 11.1 Å². The molecule has 0 aliphatic rings. The molecule has 0 aromatic heterocycles. The Morgan fingerprint density at radius 3 is 2.72 bits per heavy atom. The summed E-state index contributed by atoms with van der Waals surface area (Å²) >= 11 is 5.03. The maximum absolute atomic E-state index is 5.70. The number of nitrogens with one attached hydrogen (secondary N) is 1. The van der Waals surface area contributed by atoms with Crippen LogP contribution < -0.4 is 11.1 Å². The molecular formula is C13H20N2O2S. The Morgan fingerprint density at radius 2 is 2.17 bits per heavy atom. The molecule has 0 aliphatic heterocycles. The molecule has 0 saturated heterocycles. The molecule has 0 amide bonds. The highest BCUT2D eigenvalue weighted by Gasteiger charge is 2.09. The van der Waals surface area contributed by atoms with E-state index in [0.717, 1.165) is 16.8 Å². The number of thiocarbonyl (C=S) groups is 1. The number of hydrogen-bond donors (Lipinski definition) is 2. The van der Waals surface area contributed by atoms with Gasteiger partial charge >= 0.3 is 0 Å². The van der Waals surface area contributed by atoms with Crippen LogP contribution in [-0.2, 0) is 9.47 Å². The van der Waals surface area contributed by atoms with Gasteiger partial charge in [0.25, 0.3) is 0 Å². The average Bonchev–Trinajstić information content (AvgIpc) is 2.34. The zero-order valence-corrected chi connectivity index (χ0v) is 11.8. The van der Waals surface area contributed by atoms with Crippen molar-refractivity contribution in [3.8, 4) is 0 Å². The maximum Gasteiger partial charge on any atom is 0.106 e. The van der Waals surface area contributed by atoms with Gasteiger partial charge in [0.05, 0.1) is 12.7 Å². The molecule has 18 heavy (non-hydrogen) atoms. The number of methoxy groups -OCH3 is 2. The van der Waals surface area contributed by atoms with E-state index in [4.69, 9.17) is 27.4 Å². The Labute approximate surface area is 113 Å². The third-order valence-corrected chi connectivity index (χ3v) is 2.87. The van der Waals surface area contributed by atoms with Crippen molar-refractivity contribution >= 4 is 22.9 Å². The highest BCUT2D eigenvalue weighted by Crippen LogP contribution is 2.17. The lowest BCUT2D eigenvalue weighted by molar-refractivity contribution is 0.0365. The largest absolute Gasteiger partial charge is 0.389 e. The smallest absolute Gasteiger partial charge is 0.106 e. The van der Waals surface area contributed by atoms with Crippen LogP contribution in [0.25, 0.3) is 0 Å². The van der Waals surface area contributed by atoms with E-state index in [9.17, 15) is 0 Å². The monoisotopic (exact) mass is 268 g/mol. The SMILES string of the molecule is COCC(CNc1cc(C)ccc1C(N)=S)OC. The van der Waals surface area contributed by atoms with Gasteiger partial charge in [-0.15, -0.1) is 0 Å². The highest BCUT2D eigenvalue weighted by atomic mass is 32.1. The van der Waals surface area contributed by atoms with Crippen molar-refractivity contribution in [3.63, 3.8) is 0 Å². The first kappa shape index (κ1) is 14.9. The summed E-state index contributed by atoms with van der Waals surface area (Å²) in [6.45, 7) is 3.21. The van der Waals surface area contributed by atoms with Crippen LogP contribution in [0.2, 0.25) is 0 Å². The second-order valence-electron chi connectivity index (χ2n) is 4.11. The second-order valence-corrected chi connectivity index (χ2v) is 4.55. The van der Waals surface area contributed by atoms with Gasteiger partial charge in [-0.3, -0.25) is 0 Å². The molecule has 0 spiro atoms. The Kier molecular flexibility index (Phi) is 6.04. The third kappa shape index (κ3) is 4.25. The van der Waals surface area contributed by atoms with Crippen molar-refractivity contribution < 1.29 is 9.47 Å². The number of nitrogens with two attached hydrogens (primary N) is 1. The van der Waals surface area contributed by atoms with Crippen LogP contribution >= 0.6 is 12.2 Å². The molecule has 3 N–H and O–H groups in total. The Bertz CT molecular complexity index is 410. The third-order valence-electron chi connectivity index (χ3n) is 2.65. The summed E-state index contributed by atoms with van der Waals surface area (Å²) in [4.78, 5) is 0.387. The molecule has 1 aromatic carbocycles. The summed E-state index contributed by atoms with van der Waals surface area (Å²) in [7, 11) is 3.31. The van der Waals surface area contributed by atoms with E-state index in [-0.39, 0.29) is 6.10 Å². The highest BCUT2D eigenvalue weighted by molar-refractivity contribution is 7.80. The van der Waals surface area contributed by atoms with Crippen molar-refractivity contribution in [2.75, 3.05) is 32.7 Å². The minimum Gasteiger partial charge on any atom is -0.389 e. The first-order chi connectivity index (χ1) is 8.58. The van der Waals surface area contributed by atoms with E-state index in [1.165, 1.54) is 0 Å². The molecule has 0 saturated carbocycles. The first-order valence-electron chi connectivity index (χ1n) is 5.74. The van der Waals surface area contributed by atoms with Crippen molar-refractivity contribution in [1.82, 2.24) is 0 Å². The van der Waals surface area contributed by atoms with Gasteiger partial charge in [0.15, 0.2) is 0 Å². The van der Waals surface area contributed by atoms with Gasteiger partial charge in [-0.25, -0.2) is 0 Å². The van der Waals surface area contributed by atoms with Gasteiger partial charge in [0.2, 0.25) is 0 Å². The van der Waals surface area contributed by atoms with Crippen LogP contribution in [0.4, 0.5) is 5.69 Å². The van der Waals surface area contributed by atoms with Crippen LogP contribution in [0.15, 0.2) is 18.2 Å². The fourth-order valence-corrected chi connectivity index (χ4v) is 1.82. The zero-order chi connectivity index (χ0) is 13.5. The van der Waals surface area contributed by atoms with E-state index < -0.39 is 0 Å². The van der Waals surface area contributed by atoms with E-state index in [1.54, 1.807) is 14.2 Å². The van der Waals surface area contributed by atoms with Gasteiger partial charge < -0.3 is 20.5 Å². The van der Waals surface area contributed by atoms with E-state index >= 15 is 0 Å². The lowest BCUT2D eigenvalue weighted by atomic mass is 10.1. The molecule has 0 fully saturated rings. The Morgan fingerprint density at radius 1 is 1.44 bits per heavy atom. The molecule has 4 nitrogen and oxygen atoms in total. The van der Waals surface area contributed by atoms with Crippen LogP contribution in [-0.4, -0.2) is 38.5 Å². The number of anilines is 1. The van der Waals surface area contributed by atoms with E-state index in [2.05, 4.69) is 5.32 Å². The van der Waals surface area contributed by atoms with Crippen LogP contribution in [0.3, 0.4) is 0 Å². The van der Waals surface area contributed by atoms with Crippen LogP contribution in [0, 0.1) is 6.92 Å². The number of aryl methyl sites for hydroxylation is 1. The topological polar surface area (TPSA) is 56.5 Å². The lowest BCUT2D eigenvalue weighted by Crippen LogP contribution is -2.27. The van der Waals surface area contributed by atoms with Crippen molar-refractivity contribution in [1.29, 1.82) is 0 Å².